The molecular formula is C32H23FN2O4. The molecule has 39 heavy (non-hydrogen) atoms. The fourth-order valence-corrected chi connectivity index (χ4v) is 4.65. The largest absolute Gasteiger partial charge is 0.497 e. The summed E-state index contributed by atoms with van der Waals surface area (Å²) in [6, 6.07) is 29.5. The Balaban J connectivity index is 1.96. The standard InChI is InChI=1S/C32H23FN2O4/c1-39-26-16-12-20(13-17-26)27-19-28(32(36)22-6-3-2-4-7-22)31(35(37)38)30(23-8-5-9-24(33)18-23)29(27)21-10-14-25(34)15-11-21/h2-19H,34H2,1H3. The van der Waals surface area contributed by atoms with E-state index in [0.29, 0.717) is 39.3 Å². The van der Waals surface area contributed by atoms with Crippen LogP contribution in [0.5, 0.6) is 5.75 Å². The summed E-state index contributed by atoms with van der Waals surface area (Å²) in [6.07, 6.45) is 0. The number of anilines is 1. The molecule has 0 saturated carbocycles. The van der Waals surface area contributed by atoms with Gasteiger partial charge >= 0.3 is 0 Å². The predicted octanol–water partition coefficient (Wildman–Crippen LogP) is 7.56. The van der Waals surface area contributed by atoms with Gasteiger partial charge in [0.05, 0.1) is 17.6 Å². The van der Waals surface area contributed by atoms with Gasteiger partial charge in [-0.05, 0) is 64.7 Å². The summed E-state index contributed by atoms with van der Waals surface area (Å²) >= 11 is 0. The van der Waals surface area contributed by atoms with Crippen LogP contribution in [-0.2, 0) is 0 Å². The molecule has 0 aromatic heterocycles. The molecule has 0 aliphatic rings. The second kappa shape index (κ2) is 10.6. The van der Waals surface area contributed by atoms with Gasteiger partial charge in [0.15, 0.2) is 5.78 Å². The van der Waals surface area contributed by atoms with Gasteiger partial charge in [0.25, 0.3) is 5.69 Å². The Labute approximate surface area is 224 Å². The van der Waals surface area contributed by atoms with E-state index < -0.39 is 22.2 Å². The number of hydrogen-bond donors (Lipinski definition) is 1. The number of benzene rings is 5. The number of halogens is 1. The quantitative estimate of drug-likeness (QED) is 0.104. The van der Waals surface area contributed by atoms with Crippen LogP contribution < -0.4 is 10.5 Å². The van der Waals surface area contributed by atoms with Gasteiger partial charge in [-0.15, -0.1) is 0 Å². The number of nitrogen functional groups attached to an aromatic ring is 1. The fourth-order valence-electron chi connectivity index (χ4n) is 4.65. The van der Waals surface area contributed by atoms with Gasteiger partial charge in [-0.3, -0.25) is 14.9 Å². The third-order valence-electron chi connectivity index (χ3n) is 6.48. The minimum Gasteiger partial charge on any atom is -0.497 e. The maximum Gasteiger partial charge on any atom is 0.288 e. The Morgan fingerprint density at radius 2 is 1.46 bits per heavy atom. The Morgan fingerprint density at radius 1 is 0.795 bits per heavy atom. The number of methoxy groups -OCH3 is 1. The second-order valence-corrected chi connectivity index (χ2v) is 8.88. The molecule has 2 N–H and O–H groups in total. The van der Waals surface area contributed by atoms with Crippen LogP contribution in [0.4, 0.5) is 15.8 Å². The first kappa shape index (κ1) is 25.4. The first-order valence-electron chi connectivity index (χ1n) is 12.1. The third-order valence-corrected chi connectivity index (χ3v) is 6.48. The van der Waals surface area contributed by atoms with Crippen molar-refractivity contribution in [2.45, 2.75) is 0 Å². The van der Waals surface area contributed by atoms with Crippen molar-refractivity contribution in [3.8, 4) is 39.1 Å². The first-order valence-corrected chi connectivity index (χ1v) is 12.1. The van der Waals surface area contributed by atoms with Crippen LogP contribution in [0, 0.1) is 15.9 Å². The van der Waals surface area contributed by atoms with Gasteiger partial charge < -0.3 is 10.5 Å². The molecule has 0 aliphatic heterocycles. The Morgan fingerprint density at radius 3 is 2.08 bits per heavy atom. The van der Waals surface area contributed by atoms with E-state index in [-0.39, 0.29) is 16.7 Å². The second-order valence-electron chi connectivity index (χ2n) is 8.88. The number of ketones is 1. The van der Waals surface area contributed by atoms with Crippen LogP contribution in [0.2, 0.25) is 0 Å². The number of hydrogen-bond acceptors (Lipinski definition) is 5. The van der Waals surface area contributed by atoms with Crippen LogP contribution in [-0.4, -0.2) is 17.8 Å². The molecule has 6 nitrogen and oxygen atoms in total. The van der Waals surface area contributed by atoms with E-state index in [0.717, 1.165) is 0 Å². The van der Waals surface area contributed by atoms with E-state index in [4.69, 9.17) is 10.5 Å². The number of nitro groups is 1. The highest BCUT2D eigenvalue weighted by Crippen LogP contribution is 2.48. The highest BCUT2D eigenvalue weighted by molar-refractivity contribution is 6.16. The number of rotatable bonds is 7. The van der Waals surface area contributed by atoms with Crippen molar-refractivity contribution in [2.24, 2.45) is 0 Å². The van der Waals surface area contributed by atoms with E-state index in [9.17, 15) is 19.3 Å². The third kappa shape index (κ3) is 4.98. The first-order chi connectivity index (χ1) is 18.9. The summed E-state index contributed by atoms with van der Waals surface area (Å²) in [4.78, 5) is 25.9. The van der Waals surface area contributed by atoms with Crippen LogP contribution in [0.15, 0.2) is 109 Å². The molecular weight excluding hydrogens is 495 g/mol. The molecule has 0 bridgehead atoms. The van der Waals surface area contributed by atoms with Gasteiger partial charge in [0, 0.05) is 16.8 Å². The van der Waals surface area contributed by atoms with Gasteiger partial charge in [-0.2, -0.15) is 0 Å². The lowest BCUT2D eigenvalue weighted by Gasteiger charge is -2.19. The lowest BCUT2D eigenvalue weighted by Crippen LogP contribution is -2.09. The van der Waals surface area contributed by atoms with Crippen molar-refractivity contribution in [1.29, 1.82) is 0 Å². The normalized spacial score (nSPS) is 10.7. The molecule has 5 aromatic rings. The summed E-state index contributed by atoms with van der Waals surface area (Å²) in [5, 5.41) is 12.7. The summed E-state index contributed by atoms with van der Waals surface area (Å²) in [5.74, 6) is -0.449. The zero-order valence-corrected chi connectivity index (χ0v) is 20.9. The van der Waals surface area contributed by atoms with Crippen LogP contribution in [0.3, 0.4) is 0 Å². The lowest BCUT2D eigenvalue weighted by atomic mass is 9.83. The molecule has 5 aromatic carbocycles. The molecule has 0 amide bonds. The summed E-state index contributed by atoms with van der Waals surface area (Å²) in [6.45, 7) is 0. The van der Waals surface area contributed by atoms with Gasteiger partial charge in [-0.25, -0.2) is 4.39 Å². The van der Waals surface area contributed by atoms with E-state index in [1.54, 1.807) is 86.0 Å². The average molecular weight is 519 g/mol. The lowest BCUT2D eigenvalue weighted by molar-refractivity contribution is -0.384. The Kier molecular flexibility index (Phi) is 6.89. The zero-order chi connectivity index (χ0) is 27.5. The fraction of sp³-hybridized carbons (Fsp3) is 0.0312. The van der Waals surface area contributed by atoms with Crippen molar-refractivity contribution >= 4 is 17.2 Å². The molecule has 0 fully saturated rings. The summed E-state index contributed by atoms with van der Waals surface area (Å²) in [5.41, 5.74) is 9.01. The van der Waals surface area contributed by atoms with Crippen LogP contribution in [0.1, 0.15) is 15.9 Å². The summed E-state index contributed by atoms with van der Waals surface area (Å²) in [7, 11) is 1.55. The predicted molar refractivity (Wildman–Crippen MR) is 150 cm³/mol. The minimum absolute atomic E-state index is 0.101. The van der Waals surface area contributed by atoms with Gasteiger partial charge in [0.1, 0.15) is 17.1 Å². The molecule has 0 heterocycles. The molecule has 0 aliphatic carbocycles. The molecule has 5 rings (SSSR count). The zero-order valence-electron chi connectivity index (χ0n) is 20.9. The Bertz CT molecular complexity index is 1680. The number of nitro benzene ring substituents is 1. The Hall–Kier alpha value is -5.30. The maximum atomic E-state index is 14.5. The SMILES string of the molecule is COc1ccc(-c2cc(C(=O)c3ccccc3)c([N+](=O)[O-])c(-c3cccc(F)c3)c2-c2ccc(N)cc2)cc1. The number of carbonyl (C=O) groups is 1. The molecule has 0 atom stereocenters. The van der Waals surface area contributed by atoms with Gasteiger partial charge in [0.2, 0.25) is 0 Å². The van der Waals surface area contributed by atoms with E-state index >= 15 is 0 Å². The molecule has 0 radical (unpaired) electrons. The average Bonchev–Trinajstić information content (AvgIpc) is 2.96. The molecule has 0 saturated heterocycles. The van der Waals surface area contributed by atoms with Crippen LogP contribution in [0.25, 0.3) is 33.4 Å². The highest BCUT2D eigenvalue weighted by atomic mass is 19.1. The van der Waals surface area contributed by atoms with E-state index in [1.165, 1.54) is 18.2 Å². The summed E-state index contributed by atoms with van der Waals surface area (Å²) < 4.78 is 19.8. The van der Waals surface area contributed by atoms with Crippen molar-refractivity contribution in [3.63, 3.8) is 0 Å². The number of ether oxygens (including phenoxy) is 1. The number of carbonyl (C=O) groups excluding carboxylic acids is 1. The van der Waals surface area contributed by atoms with E-state index in [2.05, 4.69) is 0 Å². The van der Waals surface area contributed by atoms with Crippen molar-refractivity contribution in [3.05, 3.63) is 136 Å². The molecule has 192 valence electrons. The molecule has 0 spiro atoms. The van der Waals surface area contributed by atoms with Crippen molar-refractivity contribution in [1.82, 2.24) is 0 Å². The minimum atomic E-state index is -0.574. The monoisotopic (exact) mass is 518 g/mol. The molecule has 0 unspecified atom stereocenters. The maximum absolute atomic E-state index is 14.5. The highest BCUT2D eigenvalue weighted by Gasteiger charge is 2.32. The molecule has 7 heteroatoms. The topological polar surface area (TPSA) is 95.5 Å². The number of nitrogens with two attached hydrogens (primary N) is 1. The van der Waals surface area contributed by atoms with Crippen molar-refractivity contribution in [2.75, 3.05) is 12.8 Å². The van der Waals surface area contributed by atoms with E-state index in [1.807, 2.05) is 12.1 Å². The number of nitrogens with zero attached hydrogens (tertiary/aromatic N) is 1. The van der Waals surface area contributed by atoms with Gasteiger partial charge in [-0.1, -0.05) is 66.7 Å². The smallest absolute Gasteiger partial charge is 0.288 e. The van der Waals surface area contributed by atoms with Crippen molar-refractivity contribution < 1.29 is 18.8 Å². The van der Waals surface area contributed by atoms with Crippen LogP contribution >= 0.6 is 0 Å².